The molecule has 0 spiro atoms. The number of carbonyl (C=O) groups is 1. The van der Waals surface area contributed by atoms with Gasteiger partial charge in [-0.3, -0.25) is 0 Å². The minimum atomic E-state index is -0.464. The van der Waals surface area contributed by atoms with Gasteiger partial charge in [0.2, 0.25) is 0 Å². The largest absolute Gasteiger partial charge is 0.444 e. The smallest absolute Gasteiger partial charge is 0.410 e. The van der Waals surface area contributed by atoms with Gasteiger partial charge in [-0.25, -0.2) is 4.79 Å². The van der Waals surface area contributed by atoms with Gasteiger partial charge in [-0.15, -0.1) is 0 Å². The lowest BCUT2D eigenvalue weighted by Crippen LogP contribution is -2.51. The molecule has 1 saturated heterocycles. The summed E-state index contributed by atoms with van der Waals surface area (Å²) in [5, 5.41) is 0.437. The van der Waals surface area contributed by atoms with Gasteiger partial charge in [-0.1, -0.05) is 30.3 Å². The van der Waals surface area contributed by atoms with Crippen molar-refractivity contribution in [2.24, 2.45) is 5.73 Å². The number of piperidine rings is 1. The normalized spacial score (nSPS) is 15.7. The number of thiocarbonyl (C=S) groups is 1. The van der Waals surface area contributed by atoms with E-state index < -0.39 is 5.60 Å². The van der Waals surface area contributed by atoms with Crippen LogP contribution in [0.1, 0.15) is 39.2 Å². The summed E-state index contributed by atoms with van der Waals surface area (Å²) in [7, 11) is 0. The van der Waals surface area contributed by atoms with Crippen LogP contribution < -0.4 is 5.73 Å². The molecule has 0 saturated carbocycles. The predicted octanol–water partition coefficient (Wildman–Crippen LogP) is 3.17. The van der Waals surface area contributed by atoms with Gasteiger partial charge < -0.3 is 20.3 Å². The fraction of sp³-hybridized carbons (Fsp3) is 0.579. The highest BCUT2D eigenvalue weighted by molar-refractivity contribution is 7.80. The summed E-state index contributed by atoms with van der Waals surface area (Å²) in [6.45, 7) is 7.80. The van der Waals surface area contributed by atoms with Crippen LogP contribution in [0.5, 0.6) is 0 Å². The topological polar surface area (TPSA) is 58.8 Å². The van der Waals surface area contributed by atoms with Crippen molar-refractivity contribution in [3.8, 4) is 0 Å². The SMILES string of the molecule is CC(C)(C)OC(=O)N1CCC(N(CCc2ccccc2)C(N)=S)CC1. The number of ether oxygens (including phenoxy) is 1. The average Bonchev–Trinajstić information content (AvgIpc) is 2.54. The second kappa shape index (κ2) is 8.52. The summed E-state index contributed by atoms with van der Waals surface area (Å²) in [5.74, 6) is 0. The third kappa shape index (κ3) is 6.20. The monoisotopic (exact) mass is 363 g/mol. The Morgan fingerprint density at radius 3 is 2.40 bits per heavy atom. The van der Waals surface area contributed by atoms with Gasteiger partial charge in [0.15, 0.2) is 5.11 Å². The molecule has 0 aromatic heterocycles. The molecule has 1 aromatic rings. The first-order valence-electron chi connectivity index (χ1n) is 8.84. The molecular weight excluding hydrogens is 334 g/mol. The molecule has 0 atom stereocenters. The first kappa shape index (κ1) is 19.5. The van der Waals surface area contributed by atoms with E-state index in [9.17, 15) is 4.79 Å². The van der Waals surface area contributed by atoms with E-state index in [4.69, 9.17) is 22.7 Å². The molecule has 0 aliphatic carbocycles. The standard InChI is InChI=1S/C19H29N3O2S/c1-19(2,3)24-18(23)21-12-10-16(11-13-21)22(17(20)25)14-9-15-7-5-4-6-8-15/h4-8,16H,9-14H2,1-3H3,(H2,20,25). The molecule has 0 unspecified atom stereocenters. The van der Waals surface area contributed by atoms with Crippen molar-refractivity contribution in [3.05, 3.63) is 35.9 Å². The maximum absolute atomic E-state index is 12.2. The van der Waals surface area contributed by atoms with E-state index in [1.54, 1.807) is 4.90 Å². The van der Waals surface area contributed by atoms with Crippen LogP contribution in [0.3, 0.4) is 0 Å². The molecule has 1 heterocycles. The van der Waals surface area contributed by atoms with E-state index in [1.807, 2.05) is 39.0 Å². The summed E-state index contributed by atoms with van der Waals surface area (Å²) in [6.07, 6.45) is 2.37. The van der Waals surface area contributed by atoms with Crippen LogP contribution in [0.25, 0.3) is 0 Å². The van der Waals surface area contributed by atoms with Crippen LogP contribution in [-0.4, -0.2) is 52.3 Å². The number of carbonyl (C=O) groups excluding carboxylic acids is 1. The lowest BCUT2D eigenvalue weighted by atomic mass is 10.0. The van der Waals surface area contributed by atoms with Crippen molar-refractivity contribution >= 4 is 23.4 Å². The Morgan fingerprint density at radius 1 is 1.28 bits per heavy atom. The highest BCUT2D eigenvalue weighted by atomic mass is 32.1. The fourth-order valence-corrected chi connectivity index (χ4v) is 3.29. The van der Waals surface area contributed by atoms with Crippen LogP contribution in [0, 0.1) is 0 Å². The highest BCUT2D eigenvalue weighted by Gasteiger charge is 2.29. The molecule has 2 N–H and O–H groups in total. The van der Waals surface area contributed by atoms with E-state index in [-0.39, 0.29) is 12.1 Å². The first-order valence-corrected chi connectivity index (χ1v) is 9.25. The van der Waals surface area contributed by atoms with Crippen LogP contribution in [0.4, 0.5) is 4.79 Å². The fourth-order valence-electron chi connectivity index (χ4n) is 3.05. The number of hydrogen-bond acceptors (Lipinski definition) is 3. The van der Waals surface area contributed by atoms with Gasteiger partial charge in [0.1, 0.15) is 5.60 Å². The second-order valence-electron chi connectivity index (χ2n) is 7.47. The number of rotatable bonds is 4. The molecule has 138 valence electrons. The molecule has 1 fully saturated rings. The van der Waals surface area contributed by atoms with Crippen molar-refractivity contribution in [1.82, 2.24) is 9.80 Å². The Morgan fingerprint density at radius 2 is 1.88 bits per heavy atom. The Balaban J connectivity index is 1.87. The molecule has 0 bridgehead atoms. The lowest BCUT2D eigenvalue weighted by Gasteiger charge is -2.39. The second-order valence-corrected chi connectivity index (χ2v) is 7.88. The summed E-state index contributed by atoms with van der Waals surface area (Å²) in [4.78, 5) is 16.1. The predicted molar refractivity (Wildman–Crippen MR) is 104 cm³/mol. The van der Waals surface area contributed by atoms with Gasteiger partial charge in [-0.05, 0) is 57.8 Å². The van der Waals surface area contributed by atoms with Crippen molar-refractivity contribution in [1.29, 1.82) is 0 Å². The Labute approximate surface area is 156 Å². The maximum atomic E-state index is 12.2. The molecule has 1 aliphatic heterocycles. The van der Waals surface area contributed by atoms with Gasteiger partial charge >= 0.3 is 6.09 Å². The molecule has 0 radical (unpaired) electrons. The molecule has 1 aromatic carbocycles. The molecule has 2 rings (SSSR count). The van der Waals surface area contributed by atoms with Gasteiger partial charge in [0.25, 0.3) is 0 Å². The van der Waals surface area contributed by atoms with Crippen molar-refractivity contribution in [2.45, 2.75) is 51.7 Å². The van der Waals surface area contributed by atoms with E-state index in [1.165, 1.54) is 5.56 Å². The minimum Gasteiger partial charge on any atom is -0.444 e. The van der Waals surface area contributed by atoms with E-state index in [0.717, 1.165) is 25.8 Å². The molecule has 25 heavy (non-hydrogen) atoms. The zero-order valence-electron chi connectivity index (χ0n) is 15.4. The van der Waals surface area contributed by atoms with Crippen molar-refractivity contribution < 1.29 is 9.53 Å². The zero-order chi connectivity index (χ0) is 18.4. The third-order valence-electron chi connectivity index (χ3n) is 4.32. The molecule has 5 nitrogen and oxygen atoms in total. The summed E-state index contributed by atoms with van der Waals surface area (Å²) in [6, 6.07) is 10.6. The Bertz CT molecular complexity index is 578. The Kier molecular flexibility index (Phi) is 6.64. The van der Waals surface area contributed by atoms with E-state index in [2.05, 4.69) is 17.0 Å². The van der Waals surface area contributed by atoms with Crippen LogP contribution in [-0.2, 0) is 11.2 Å². The van der Waals surface area contributed by atoms with Gasteiger partial charge in [-0.2, -0.15) is 0 Å². The van der Waals surface area contributed by atoms with Crippen LogP contribution in [0.15, 0.2) is 30.3 Å². The summed E-state index contributed by atoms with van der Waals surface area (Å²) in [5.41, 5.74) is 6.77. The molecular formula is C19H29N3O2S. The van der Waals surface area contributed by atoms with E-state index >= 15 is 0 Å². The maximum Gasteiger partial charge on any atom is 0.410 e. The average molecular weight is 364 g/mol. The van der Waals surface area contributed by atoms with Crippen LogP contribution >= 0.6 is 12.2 Å². The molecule has 1 aliphatic rings. The zero-order valence-corrected chi connectivity index (χ0v) is 16.2. The summed E-state index contributed by atoms with van der Waals surface area (Å²) < 4.78 is 5.45. The quantitative estimate of drug-likeness (QED) is 0.833. The number of likely N-dealkylation sites (tertiary alicyclic amines) is 1. The number of nitrogens with zero attached hydrogens (tertiary/aromatic N) is 2. The van der Waals surface area contributed by atoms with Crippen molar-refractivity contribution in [2.75, 3.05) is 19.6 Å². The number of nitrogens with two attached hydrogens (primary N) is 1. The summed E-state index contributed by atoms with van der Waals surface area (Å²) >= 11 is 5.26. The van der Waals surface area contributed by atoms with E-state index in [0.29, 0.717) is 18.2 Å². The number of hydrogen-bond donors (Lipinski definition) is 1. The number of benzene rings is 1. The third-order valence-corrected chi connectivity index (χ3v) is 4.56. The lowest BCUT2D eigenvalue weighted by molar-refractivity contribution is 0.0174. The van der Waals surface area contributed by atoms with Gasteiger partial charge in [0, 0.05) is 25.7 Å². The van der Waals surface area contributed by atoms with Crippen molar-refractivity contribution in [3.63, 3.8) is 0 Å². The number of amides is 1. The Hall–Kier alpha value is -1.82. The minimum absolute atomic E-state index is 0.239. The molecule has 1 amide bonds. The molecule has 6 heteroatoms. The van der Waals surface area contributed by atoms with Gasteiger partial charge in [0.05, 0.1) is 0 Å². The highest BCUT2D eigenvalue weighted by Crippen LogP contribution is 2.19. The first-order chi connectivity index (χ1) is 11.8. The van der Waals surface area contributed by atoms with Crippen LogP contribution in [0.2, 0.25) is 0 Å².